The molecule has 0 saturated heterocycles. The first-order valence-corrected chi connectivity index (χ1v) is 13.7. The number of nitrogens with one attached hydrogen (secondary N) is 1. The number of sulfonamides is 1. The van der Waals surface area contributed by atoms with E-state index in [1.807, 2.05) is 6.92 Å². The molecule has 36 heavy (non-hydrogen) atoms. The maximum absolute atomic E-state index is 13.6. The van der Waals surface area contributed by atoms with Crippen LogP contribution in [0.3, 0.4) is 0 Å². The van der Waals surface area contributed by atoms with Crippen LogP contribution in [0.15, 0.2) is 71.6 Å². The number of hydrogen-bond acceptors (Lipinski definition) is 5. The van der Waals surface area contributed by atoms with Crippen LogP contribution in [-0.2, 0) is 27.7 Å². The van der Waals surface area contributed by atoms with Gasteiger partial charge >= 0.3 is 0 Å². The van der Waals surface area contributed by atoms with E-state index >= 15 is 0 Å². The fourth-order valence-corrected chi connectivity index (χ4v) is 6.33. The molecule has 0 fully saturated rings. The molecule has 0 radical (unpaired) electrons. The second kappa shape index (κ2) is 9.85. The fourth-order valence-electron chi connectivity index (χ4n) is 4.85. The molecule has 3 aromatic rings. The van der Waals surface area contributed by atoms with Crippen LogP contribution in [0.25, 0.3) is 0 Å². The van der Waals surface area contributed by atoms with E-state index in [4.69, 9.17) is 9.47 Å². The number of nitrogens with zero attached hydrogens (tertiary/aromatic N) is 1. The predicted octanol–water partition coefficient (Wildman–Crippen LogP) is 4.41. The van der Waals surface area contributed by atoms with Crippen LogP contribution in [0.1, 0.15) is 42.5 Å². The second-order valence-electron chi connectivity index (χ2n) is 9.25. The summed E-state index contributed by atoms with van der Waals surface area (Å²) in [7, 11) is -2.42. The summed E-state index contributed by atoms with van der Waals surface area (Å²) < 4.78 is 39.6. The van der Waals surface area contributed by atoms with E-state index in [9.17, 15) is 13.2 Å². The molecule has 1 amide bonds. The molecule has 0 aromatic heterocycles. The molecule has 5 rings (SSSR count). The average molecular weight is 507 g/mol. The minimum Gasteiger partial charge on any atom is -0.497 e. The average Bonchev–Trinajstić information content (AvgIpc) is 2.92. The highest BCUT2D eigenvalue weighted by atomic mass is 32.2. The van der Waals surface area contributed by atoms with E-state index in [1.54, 1.807) is 36.4 Å². The van der Waals surface area contributed by atoms with Crippen molar-refractivity contribution < 1.29 is 22.7 Å². The number of amides is 1. The fraction of sp³-hybridized carbons (Fsp3) is 0.321. The summed E-state index contributed by atoms with van der Waals surface area (Å²) in [5.74, 6) is 0.553. The molecule has 8 heteroatoms. The first-order valence-electron chi connectivity index (χ1n) is 12.2. The van der Waals surface area contributed by atoms with Gasteiger partial charge < -0.3 is 14.8 Å². The Bertz CT molecular complexity index is 1370. The molecule has 1 N–H and O–H groups in total. The highest BCUT2D eigenvalue weighted by Crippen LogP contribution is 2.37. The monoisotopic (exact) mass is 506 g/mol. The van der Waals surface area contributed by atoms with Crippen LogP contribution in [-0.4, -0.2) is 34.1 Å². The van der Waals surface area contributed by atoms with Crippen LogP contribution < -0.4 is 19.1 Å². The SMILES string of the molecule is COc1ccc(S(=O)(=O)N2C[C@@H](C(=O)N[C@H](C)c3ccc4c(c3)CCCC4)Oc3ccccc32)cc1. The highest BCUT2D eigenvalue weighted by molar-refractivity contribution is 7.92. The Balaban J connectivity index is 1.38. The molecular weight excluding hydrogens is 476 g/mol. The number of methoxy groups -OCH3 is 1. The van der Waals surface area contributed by atoms with Crippen LogP contribution in [0.5, 0.6) is 11.5 Å². The van der Waals surface area contributed by atoms with Crippen molar-refractivity contribution in [3.63, 3.8) is 0 Å². The van der Waals surface area contributed by atoms with Gasteiger partial charge in [0.15, 0.2) is 6.10 Å². The minimum atomic E-state index is -3.94. The van der Waals surface area contributed by atoms with Gasteiger partial charge in [0.05, 0.1) is 30.3 Å². The lowest BCUT2D eigenvalue weighted by Gasteiger charge is -2.35. The lowest BCUT2D eigenvalue weighted by Crippen LogP contribution is -2.51. The molecule has 1 heterocycles. The Labute approximate surface area is 212 Å². The smallest absolute Gasteiger partial charge is 0.264 e. The van der Waals surface area contributed by atoms with Crippen LogP contribution in [0, 0.1) is 0 Å². The first kappa shape index (κ1) is 24.2. The van der Waals surface area contributed by atoms with Gasteiger partial charge in [-0.2, -0.15) is 0 Å². The predicted molar refractivity (Wildman–Crippen MR) is 138 cm³/mol. The number of rotatable bonds is 6. The van der Waals surface area contributed by atoms with Crippen molar-refractivity contribution in [2.24, 2.45) is 0 Å². The van der Waals surface area contributed by atoms with E-state index in [0.29, 0.717) is 17.2 Å². The molecule has 1 aliphatic carbocycles. The lowest BCUT2D eigenvalue weighted by atomic mass is 9.89. The van der Waals surface area contributed by atoms with Crippen LogP contribution in [0.2, 0.25) is 0 Å². The van der Waals surface area contributed by atoms with Crippen molar-refractivity contribution in [1.82, 2.24) is 5.32 Å². The molecule has 7 nitrogen and oxygen atoms in total. The normalized spacial score (nSPS) is 17.8. The van der Waals surface area contributed by atoms with Gasteiger partial charge in [-0.3, -0.25) is 9.10 Å². The standard InChI is InChI=1S/C28H30N2O5S/c1-19(21-12-11-20-7-3-4-8-22(20)17-21)29-28(31)27-18-30(25-9-5-6-10-26(25)35-27)36(32,33)24-15-13-23(34-2)14-16-24/h5-6,9-17,19,27H,3-4,7-8,18H2,1-2H3,(H,29,31)/t19-,27+/m1/s1. The number of aryl methyl sites for hydroxylation is 2. The number of carbonyl (C=O) groups excluding carboxylic acids is 1. The van der Waals surface area contributed by atoms with Crippen molar-refractivity contribution in [3.05, 3.63) is 83.4 Å². The Kier molecular flexibility index (Phi) is 6.62. The van der Waals surface area contributed by atoms with Gasteiger partial charge in [0.1, 0.15) is 11.5 Å². The number of para-hydroxylation sites is 2. The molecule has 0 unspecified atom stereocenters. The van der Waals surface area contributed by atoms with E-state index in [0.717, 1.165) is 18.4 Å². The Morgan fingerprint density at radius 1 is 1.03 bits per heavy atom. The van der Waals surface area contributed by atoms with Crippen molar-refractivity contribution in [1.29, 1.82) is 0 Å². The molecule has 2 atom stereocenters. The molecule has 0 bridgehead atoms. The molecule has 188 valence electrons. The zero-order valence-corrected chi connectivity index (χ0v) is 21.3. The Morgan fingerprint density at radius 2 is 1.75 bits per heavy atom. The molecule has 0 spiro atoms. The summed E-state index contributed by atoms with van der Waals surface area (Å²) in [6, 6.07) is 19.2. The van der Waals surface area contributed by atoms with Gasteiger partial charge in [-0.1, -0.05) is 30.3 Å². The molecule has 0 saturated carbocycles. The molecule has 2 aliphatic rings. The van der Waals surface area contributed by atoms with Crippen LogP contribution >= 0.6 is 0 Å². The van der Waals surface area contributed by atoms with Crippen molar-refractivity contribution in [2.45, 2.75) is 49.6 Å². The Hall–Kier alpha value is -3.52. The van der Waals surface area contributed by atoms with Crippen molar-refractivity contribution in [2.75, 3.05) is 18.0 Å². The van der Waals surface area contributed by atoms with Gasteiger partial charge in [-0.05, 0) is 85.7 Å². The number of anilines is 1. The van der Waals surface area contributed by atoms with Crippen molar-refractivity contribution in [3.8, 4) is 11.5 Å². The third-order valence-electron chi connectivity index (χ3n) is 6.91. The number of carbonyl (C=O) groups is 1. The maximum Gasteiger partial charge on any atom is 0.264 e. The van der Waals surface area contributed by atoms with Gasteiger partial charge in [0.2, 0.25) is 0 Å². The summed E-state index contributed by atoms with van der Waals surface area (Å²) in [6.45, 7) is 1.80. The van der Waals surface area contributed by atoms with Crippen molar-refractivity contribution >= 4 is 21.6 Å². The number of hydrogen-bond donors (Lipinski definition) is 1. The molecular formula is C28H30N2O5S. The highest BCUT2D eigenvalue weighted by Gasteiger charge is 2.37. The van der Waals surface area contributed by atoms with E-state index in [2.05, 4.69) is 23.5 Å². The number of benzene rings is 3. The quantitative estimate of drug-likeness (QED) is 0.536. The summed E-state index contributed by atoms with van der Waals surface area (Å²) in [6.07, 6.45) is 3.57. The summed E-state index contributed by atoms with van der Waals surface area (Å²) in [4.78, 5) is 13.4. The third kappa shape index (κ3) is 4.65. The maximum atomic E-state index is 13.6. The zero-order chi connectivity index (χ0) is 25.3. The van der Waals surface area contributed by atoms with Crippen LogP contribution in [0.4, 0.5) is 5.69 Å². The second-order valence-corrected chi connectivity index (χ2v) is 11.1. The lowest BCUT2D eigenvalue weighted by molar-refractivity contribution is -0.128. The first-order chi connectivity index (χ1) is 17.4. The molecule has 3 aromatic carbocycles. The van der Waals surface area contributed by atoms with Gasteiger partial charge in [-0.15, -0.1) is 0 Å². The largest absolute Gasteiger partial charge is 0.497 e. The van der Waals surface area contributed by atoms with E-state index < -0.39 is 16.1 Å². The summed E-state index contributed by atoms with van der Waals surface area (Å²) >= 11 is 0. The number of ether oxygens (including phenoxy) is 2. The summed E-state index contributed by atoms with van der Waals surface area (Å²) in [5.41, 5.74) is 4.16. The minimum absolute atomic E-state index is 0.113. The Morgan fingerprint density at radius 3 is 2.50 bits per heavy atom. The third-order valence-corrected chi connectivity index (χ3v) is 8.70. The summed E-state index contributed by atoms with van der Waals surface area (Å²) in [5, 5.41) is 3.03. The van der Waals surface area contributed by atoms with E-state index in [1.165, 1.54) is 47.5 Å². The molecule has 1 aliphatic heterocycles. The van der Waals surface area contributed by atoms with E-state index in [-0.39, 0.29) is 23.4 Å². The van der Waals surface area contributed by atoms with Gasteiger partial charge in [-0.25, -0.2) is 8.42 Å². The zero-order valence-electron chi connectivity index (χ0n) is 20.4. The van der Waals surface area contributed by atoms with Gasteiger partial charge in [0, 0.05) is 0 Å². The van der Waals surface area contributed by atoms with Gasteiger partial charge in [0.25, 0.3) is 15.9 Å². The topological polar surface area (TPSA) is 84.9 Å². The number of fused-ring (bicyclic) bond motifs is 2.